The molecule has 1 unspecified atom stereocenters. The molecule has 84 valence electrons. The van der Waals surface area contributed by atoms with E-state index in [9.17, 15) is 4.57 Å². The fraction of sp³-hybridized carbons (Fsp3) is 0.400. The Morgan fingerprint density at radius 2 is 2.07 bits per heavy atom. The molecular weight excluding hydrogens is 211 g/mol. The highest BCUT2D eigenvalue weighted by Gasteiger charge is 2.21. The van der Waals surface area contributed by atoms with E-state index in [1.54, 1.807) is 12.1 Å². The van der Waals surface area contributed by atoms with E-state index in [1.807, 2.05) is 25.1 Å². The van der Waals surface area contributed by atoms with Crippen molar-refractivity contribution in [2.75, 3.05) is 19.3 Å². The molecule has 0 aliphatic carbocycles. The second kappa shape index (κ2) is 5.91. The molecule has 5 heteroatoms. The molecule has 0 fully saturated rings. The highest BCUT2D eigenvalue weighted by molar-refractivity contribution is 7.57. The number of hydrogen-bond acceptors (Lipinski definition) is 3. The number of para-hydroxylation sites is 1. The van der Waals surface area contributed by atoms with Gasteiger partial charge in [-0.15, -0.1) is 0 Å². The van der Waals surface area contributed by atoms with Gasteiger partial charge in [-0.3, -0.25) is 4.57 Å². The monoisotopic (exact) mass is 228 g/mol. The molecule has 0 bridgehead atoms. The van der Waals surface area contributed by atoms with Crippen LogP contribution in [0, 0.1) is 0 Å². The molecule has 4 nitrogen and oxygen atoms in total. The lowest BCUT2D eigenvalue weighted by Crippen LogP contribution is -2.20. The third-order valence-electron chi connectivity index (χ3n) is 1.82. The molecule has 0 heterocycles. The van der Waals surface area contributed by atoms with Gasteiger partial charge in [0.15, 0.2) is 0 Å². The molecule has 3 N–H and O–H groups in total. The molecule has 0 aliphatic rings. The van der Waals surface area contributed by atoms with E-state index in [-0.39, 0.29) is 0 Å². The summed E-state index contributed by atoms with van der Waals surface area (Å²) in [7, 11) is -2.82. The van der Waals surface area contributed by atoms with Gasteiger partial charge in [-0.25, -0.2) is 5.09 Å². The fourth-order valence-electron chi connectivity index (χ4n) is 1.22. The number of hydrogen-bond donors (Lipinski definition) is 2. The minimum Gasteiger partial charge on any atom is -0.433 e. The van der Waals surface area contributed by atoms with Crippen LogP contribution in [-0.2, 0) is 4.57 Å². The van der Waals surface area contributed by atoms with Gasteiger partial charge >= 0.3 is 7.52 Å². The second-order valence-corrected chi connectivity index (χ2v) is 5.39. The van der Waals surface area contributed by atoms with E-state index in [1.165, 1.54) is 0 Å². The van der Waals surface area contributed by atoms with Gasteiger partial charge in [-0.05, 0) is 12.1 Å². The third kappa shape index (κ3) is 4.04. The highest BCUT2D eigenvalue weighted by atomic mass is 31.2. The van der Waals surface area contributed by atoms with Crippen molar-refractivity contribution in [1.82, 2.24) is 5.09 Å². The van der Waals surface area contributed by atoms with Crippen LogP contribution < -0.4 is 15.3 Å². The predicted octanol–water partition coefficient (Wildman–Crippen LogP) is 1.83. The summed E-state index contributed by atoms with van der Waals surface area (Å²) in [6, 6.07) is 9.12. The summed E-state index contributed by atoms with van der Waals surface area (Å²) in [6.45, 7) is 2.83. The maximum atomic E-state index is 12.2. The van der Waals surface area contributed by atoms with Crippen LogP contribution in [0.4, 0.5) is 0 Å². The standard InChI is InChI=1S/C10H17N2O2P/c1-2-12-15(13,9-8-11)14-10-6-4-3-5-7-10/h3-7H,2,8-9,11H2,1H3,(H,12,13). The SMILES string of the molecule is CCNP(=O)(CCN)Oc1ccccc1. The first-order valence-electron chi connectivity index (χ1n) is 4.99. The summed E-state index contributed by atoms with van der Waals surface area (Å²) >= 11 is 0. The highest BCUT2D eigenvalue weighted by Crippen LogP contribution is 2.41. The van der Waals surface area contributed by atoms with Crippen molar-refractivity contribution in [1.29, 1.82) is 0 Å². The van der Waals surface area contributed by atoms with Crippen molar-refractivity contribution in [3.8, 4) is 5.75 Å². The Morgan fingerprint density at radius 3 is 2.60 bits per heavy atom. The van der Waals surface area contributed by atoms with E-state index in [0.717, 1.165) is 0 Å². The Kier molecular flexibility index (Phi) is 4.82. The van der Waals surface area contributed by atoms with E-state index in [0.29, 0.717) is 25.0 Å². The average molecular weight is 228 g/mol. The number of nitrogens with one attached hydrogen (secondary N) is 1. The molecule has 1 aromatic carbocycles. The van der Waals surface area contributed by atoms with Gasteiger partial charge in [0.2, 0.25) is 0 Å². The van der Waals surface area contributed by atoms with Crippen LogP contribution in [0.25, 0.3) is 0 Å². The van der Waals surface area contributed by atoms with Crippen LogP contribution in [0.15, 0.2) is 30.3 Å². The van der Waals surface area contributed by atoms with Crippen LogP contribution in [0.2, 0.25) is 0 Å². The van der Waals surface area contributed by atoms with Crippen molar-refractivity contribution in [3.63, 3.8) is 0 Å². The molecule has 0 saturated carbocycles. The van der Waals surface area contributed by atoms with Gasteiger partial charge in [0, 0.05) is 13.1 Å². The molecule has 1 rings (SSSR count). The van der Waals surface area contributed by atoms with Gasteiger partial charge in [-0.2, -0.15) is 0 Å². The summed E-state index contributed by atoms with van der Waals surface area (Å²) < 4.78 is 17.6. The van der Waals surface area contributed by atoms with Crippen LogP contribution in [0.1, 0.15) is 6.92 Å². The summed E-state index contributed by atoms with van der Waals surface area (Å²) in [4.78, 5) is 0. The van der Waals surface area contributed by atoms with E-state index >= 15 is 0 Å². The molecule has 0 aromatic heterocycles. The van der Waals surface area contributed by atoms with Crippen LogP contribution >= 0.6 is 7.52 Å². The molecule has 0 spiro atoms. The average Bonchev–Trinajstić information content (AvgIpc) is 2.19. The zero-order chi connectivity index (χ0) is 11.1. The first-order valence-corrected chi connectivity index (χ1v) is 6.80. The predicted molar refractivity (Wildman–Crippen MR) is 62.3 cm³/mol. The van der Waals surface area contributed by atoms with Crippen molar-refractivity contribution in [2.45, 2.75) is 6.92 Å². The first kappa shape index (κ1) is 12.2. The Labute approximate surface area is 90.3 Å². The van der Waals surface area contributed by atoms with E-state index in [2.05, 4.69) is 5.09 Å². The summed E-state index contributed by atoms with van der Waals surface area (Å²) in [5.74, 6) is 0.607. The van der Waals surface area contributed by atoms with Crippen LogP contribution in [0.3, 0.4) is 0 Å². The number of benzene rings is 1. The third-order valence-corrected chi connectivity index (χ3v) is 3.97. The fourth-order valence-corrected chi connectivity index (χ4v) is 2.82. The smallest absolute Gasteiger partial charge is 0.317 e. The molecule has 0 aliphatic heterocycles. The lowest BCUT2D eigenvalue weighted by Gasteiger charge is -2.19. The largest absolute Gasteiger partial charge is 0.433 e. The quantitative estimate of drug-likeness (QED) is 0.729. The molecular formula is C10H17N2O2P. The summed E-state index contributed by atoms with van der Waals surface area (Å²) in [6.07, 6.45) is 0.343. The van der Waals surface area contributed by atoms with Crippen LogP contribution in [0.5, 0.6) is 5.75 Å². The zero-order valence-corrected chi connectivity index (χ0v) is 9.74. The Hall–Kier alpha value is -0.830. The Morgan fingerprint density at radius 1 is 1.40 bits per heavy atom. The lowest BCUT2D eigenvalue weighted by atomic mass is 10.3. The van der Waals surface area contributed by atoms with Gasteiger partial charge in [0.25, 0.3) is 0 Å². The van der Waals surface area contributed by atoms with Gasteiger partial charge in [0.05, 0.1) is 6.16 Å². The number of nitrogens with two attached hydrogens (primary N) is 1. The minimum atomic E-state index is -2.82. The van der Waals surface area contributed by atoms with Crippen molar-refractivity contribution in [3.05, 3.63) is 30.3 Å². The molecule has 0 saturated heterocycles. The topological polar surface area (TPSA) is 64.4 Å². The van der Waals surface area contributed by atoms with Crippen molar-refractivity contribution >= 4 is 7.52 Å². The first-order chi connectivity index (χ1) is 7.20. The molecule has 1 atom stereocenters. The molecule has 0 radical (unpaired) electrons. The van der Waals surface area contributed by atoms with Crippen LogP contribution in [-0.4, -0.2) is 19.3 Å². The molecule has 0 amide bonds. The number of rotatable bonds is 6. The summed E-state index contributed by atoms with van der Waals surface area (Å²) in [5.41, 5.74) is 5.41. The van der Waals surface area contributed by atoms with Crippen molar-refractivity contribution in [2.24, 2.45) is 5.73 Å². The van der Waals surface area contributed by atoms with Gasteiger partial charge in [-0.1, -0.05) is 25.1 Å². The van der Waals surface area contributed by atoms with E-state index < -0.39 is 7.52 Å². The van der Waals surface area contributed by atoms with Gasteiger partial charge in [0.1, 0.15) is 5.75 Å². The second-order valence-electron chi connectivity index (χ2n) is 3.10. The normalized spacial score (nSPS) is 14.5. The maximum absolute atomic E-state index is 12.2. The minimum absolute atomic E-state index is 0.343. The van der Waals surface area contributed by atoms with Gasteiger partial charge < -0.3 is 10.3 Å². The molecule has 15 heavy (non-hydrogen) atoms. The lowest BCUT2D eigenvalue weighted by molar-refractivity contribution is 0.468. The zero-order valence-electron chi connectivity index (χ0n) is 8.85. The van der Waals surface area contributed by atoms with Crippen molar-refractivity contribution < 1.29 is 9.09 Å². The Balaban J connectivity index is 2.71. The summed E-state index contributed by atoms with van der Waals surface area (Å²) in [5, 5.41) is 2.86. The van der Waals surface area contributed by atoms with E-state index in [4.69, 9.17) is 10.3 Å². The Bertz CT molecular complexity index is 319. The maximum Gasteiger partial charge on any atom is 0.317 e. The molecule has 1 aromatic rings.